The van der Waals surface area contributed by atoms with Crippen molar-refractivity contribution in [2.24, 2.45) is 0 Å². The van der Waals surface area contributed by atoms with Gasteiger partial charge < -0.3 is 23.7 Å². The summed E-state index contributed by atoms with van der Waals surface area (Å²) in [5, 5.41) is -0.441. The first-order valence-electron chi connectivity index (χ1n) is 8.58. The summed E-state index contributed by atoms with van der Waals surface area (Å²) in [6.07, 6.45) is 0.0472. The lowest BCUT2D eigenvalue weighted by molar-refractivity contribution is -0.227. The minimum atomic E-state index is -0.845. The minimum Gasteiger partial charge on any atom is -0.457 e. The predicted molar refractivity (Wildman–Crippen MR) is 105 cm³/mol. The summed E-state index contributed by atoms with van der Waals surface area (Å²) < 4.78 is 28.6. The van der Waals surface area contributed by atoms with Gasteiger partial charge in [-0.1, -0.05) is 12.2 Å². The fourth-order valence-electron chi connectivity index (χ4n) is 2.88. The van der Waals surface area contributed by atoms with E-state index in [1.54, 1.807) is 26.0 Å². The molecule has 0 aromatic heterocycles. The van der Waals surface area contributed by atoms with Crippen LogP contribution in [0, 0.1) is 0 Å². The molecule has 2 heterocycles. The molecule has 0 aromatic rings. The zero-order valence-electron chi connectivity index (χ0n) is 15.8. The topological polar surface area (TPSA) is 80.3 Å². The van der Waals surface area contributed by atoms with Gasteiger partial charge in [0.05, 0.1) is 0 Å². The van der Waals surface area contributed by atoms with Gasteiger partial charge in [0, 0.05) is 24.2 Å². The Balaban J connectivity index is 2.15. The monoisotopic (exact) mass is 418 g/mol. The van der Waals surface area contributed by atoms with Gasteiger partial charge in [-0.3, -0.25) is 4.79 Å². The highest BCUT2D eigenvalue weighted by atomic mass is 32.2. The molecule has 9 heteroatoms. The van der Waals surface area contributed by atoms with E-state index in [1.807, 2.05) is 0 Å². The molecule has 0 aromatic carbocycles. The molecule has 0 saturated carbocycles. The molecule has 0 unspecified atom stereocenters. The second-order valence-corrected chi connectivity index (χ2v) is 8.51. The maximum atomic E-state index is 12.1. The Morgan fingerprint density at radius 3 is 2.56 bits per heavy atom. The van der Waals surface area contributed by atoms with Gasteiger partial charge in [-0.25, -0.2) is 4.79 Å². The number of carbonyl (C=O) groups is 2. The average molecular weight is 419 g/mol. The molecule has 2 saturated heterocycles. The van der Waals surface area contributed by atoms with Crippen molar-refractivity contribution >= 4 is 34.8 Å². The van der Waals surface area contributed by atoms with Crippen LogP contribution in [0.15, 0.2) is 25.3 Å². The molecule has 7 nitrogen and oxygen atoms in total. The number of hydrogen-bond acceptors (Lipinski definition) is 9. The Hall–Kier alpha value is -1.00. The summed E-state index contributed by atoms with van der Waals surface area (Å²) in [7, 11) is 0. The molecule has 2 aliphatic rings. The molecule has 0 N–H and O–H groups in total. The normalized spacial score (nSPS) is 29.6. The first-order chi connectivity index (χ1) is 12.8. The van der Waals surface area contributed by atoms with Crippen LogP contribution in [-0.4, -0.2) is 65.0 Å². The van der Waals surface area contributed by atoms with Crippen LogP contribution >= 0.6 is 23.5 Å². The lowest BCUT2D eigenvalue weighted by Gasteiger charge is -2.30. The molecule has 0 amide bonds. The van der Waals surface area contributed by atoms with Crippen LogP contribution in [0.2, 0.25) is 0 Å². The Morgan fingerprint density at radius 2 is 1.93 bits per heavy atom. The lowest BCUT2D eigenvalue weighted by atomic mass is 10.1. The summed E-state index contributed by atoms with van der Waals surface area (Å²) >= 11 is 2.54. The molecular formula is C18H26O7S2. The Morgan fingerprint density at radius 1 is 1.22 bits per heavy atom. The molecule has 152 valence electrons. The van der Waals surface area contributed by atoms with Crippen LogP contribution in [0.4, 0.5) is 4.79 Å². The number of carbonyl (C=O) groups excluding carboxylic acids is 2. The van der Waals surface area contributed by atoms with E-state index < -0.39 is 47.8 Å². The highest BCUT2D eigenvalue weighted by molar-refractivity contribution is 8.13. The van der Waals surface area contributed by atoms with Crippen LogP contribution in [-0.2, 0) is 28.5 Å². The summed E-state index contributed by atoms with van der Waals surface area (Å²) in [6.45, 7) is 12.1. The fraction of sp³-hybridized carbons (Fsp3) is 0.667. The third-order valence-corrected chi connectivity index (χ3v) is 5.55. The van der Waals surface area contributed by atoms with Gasteiger partial charge in [-0.2, -0.15) is 11.8 Å². The molecule has 2 fully saturated rings. The van der Waals surface area contributed by atoms with Gasteiger partial charge in [0.1, 0.15) is 12.2 Å². The number of ether oxygens (including phenoxy) is 5. The van der Waals surface area contributed by atoms with Crippen LogP contribution in [0.1, 0.15) is 20.8 Å². The van der Waals surface area contributed by atoms with Gasteiger partial charge >= 0.3 is 11.3 Å². The zero-order valence-corrected chi connectivity index (χ0v) is 17.4. The van der Waals surface area contributed by atoms with E-state index in [4.69, 9.17) is 23.7 Å². The van der Waals surface area contributed by atoms with Crippen molar-refractivity contribution in [3.63, 3.8) is 0 Å². The highest BCUT2D eigenvalue weighted by Crippen LogP contribution is 2.40. The number of fused-ring (bicyclic) bond motifs is 1. The standard InChI is InChI=1S/C18H26O7S2/c1-6-8-26-10-12(22-17(20)27-9-7-2)13-14(21-11(3)19)15-16(23-13)25-18(4,5)24-15/h6-7,12-16H,1-2,8-10H2,3-5H3/t12-,13-,14+,15-,16-/m1/s1. The van der Waals surface area contributed by atoms with Crippen molar-refractivity contribution in [3.05, 3.63) is 25.3 Å². The Labute approximate surface area is 168 Å². The van der Waals surface area contributed by atoms with E-state index in [0.717, 1.165) is 11.8 Å². The van der Waals surface area contributed by atoms with Gasteiger partial charge in [-0.05, 0) is 25.6 Å². The second kappa shape index (κ2) is 9.97. The van der Waals surface area contributed by atoms with Gasteiger partial charge in [0.15, 0.2) is 24.3 Å². The van der Waals surface area contributed by atoms with Crippen molar-refractivity contribution in [3.8, 4) is 0 Å². The molecule has 5 atom stereocenters. The molecule has 2 rings (SSSR count). The Kier molecular flexibility index (Phi) is 8.23. The summed E-state index contributed by atoms with van der Waals surface area (Å²) in [4.78, 5) is 23.7. The second-order valence-electron chi connectivity index (χ2n) is 6.48. The number of esters is 1. The molecule has 0 radical (unpaired) electrons. The highest BCUT2D eigenvalue weighted by Gasteiger charge is 2.58. The van der Waals surface area contributed by atoms with Gasteiger partial charge in [-0.15, -0.1) is 13.2 Å². The number of rotatable bonds is 9. The van der Waals surface area contributed by atoms with E-state index in [0.29, 0.717) is 17.3 Å². The fourth-order valence-corrected chi connectivity index (χ4v) is 4.12. The van der Waals surface area contributed by atoms with Crippen molar-refractivity contribution < 1.29 is 33.3 Å². The minimum absolute atomic E-state index is 0.440. The van der Waals surface area contributed by atoms with Crippen LogP contribution in [0.5, 0.6) is 0 Å². The zero-order chi connectivity index (χ0) is 20.0. The number of thioether (sulfide) groups is 2. The summed E-state index contributed by atoms with van der Waals surface area (Å²) in [5.41, 5.74) is 0. The molecule has 0 aliphatic carbocycles. The SMILES string of the molecule is C=CCSC[C@@H](OC(=O)SCC=C)[C@H]1O[C@@H]2OC(C)(C)O[C@@H]2[C@H]1OC(C)=O. The summed E-state index contributed by atoms with van der Waals surface area (Å²) in [5.74, 6) is 0.272. The predicted octanol–water partition coefficient (Wildman–Crippen LogP) is 3.14. The maximum absolute atomic E-state index is 12.1. The Bertz CT molecular complexity index is 566. The third-order valence-electron chi connectivity index (χ3n) is 3.78. The largest absolute Gasteiger partial charge is 0.457 e. The lowest BCUT2D eigenvalue weighted by Crippen LogP contribution is -2.46. The van der Waals surface area contributed by atoms with E-state index in [1.165, 1.54) is 18.7 Å². The van der Waals surface area contributed by atoms with E-state index in [2.05, 4.69) is 13.2 Å². The van der Waals surface area contributed by atoms with Gasteiger partial charge in [0.25, 0.3) is 0 Å². The third kappa shape index (κ3) is 6.25. The van der Waals surface area contributed by atoms with Crippen molar-refractivity contribution in [1.82, 2.24) is 0 Å². The summed E-state index contributed by atoms with van der Waals surface area (Å²) in [6, 6.07) is 0. The van der Waals surface area contributed by atoms with E-state index >= 15 is 0 Å². The maximum Gasteiger partial charge on any atom is 0.368 e. The van der Waals surface area contributed by atoms with Crippen LogP contribution in [0.25, 0.3) is 0 Å². The number of hydrogen-bond donors (Lipinski definition) is 0. The van der Waals surface area contributed by atoms with Crippen LogP contribution < -0.4 is 0 Å². The molecule has 27 heavy (non-hydrogen) atoms. The molecule has 2 aliphatic heterocycles. The average Bonchev–Trinajstić information content (AvgIpc) is 3.04. The molecule has 0 bridgehead atoms. The van der Waals surface area contributed by atoms with Crippen molar-refractivity contribution in [2.45, 2.75) is 57.3 Å². The quantitative estimate of drug-likeness (QED) is 0.319. The van der Waals surface area contributed by atoms with Crippen molar-refractivity contribution in [1.29, 1.82) is 0 Å². The van der Waals surface area contributed by atoms with E-state index in [9.17, 15) is 9.59 Å². The molecular weight excluding hydrogens is 392 g/mol. The van der Waals surface area contributed by atoms with Crippen molar-refractivity contribution in [2.75, 3.05) is 17.3 Å². The van der Waals surface area contributed by atoms with E-state index in [-0.39, 0.29) is 0 Å². The molecule has 0 spiro atoms. The van der Waals surface area contributed by atoms with Crippen LogP contribution in [0.3, 0.4) is 0 Å². The first-order valence-corrected chi connectivity index (χ1v) is 10.7. The first kappa shape index (κ1) is 22.3. The smallest absolute Gasteiger partial charge is 0.368 e. The van der Waals surface area contributed by atoms with Gasteiger partial charge in [0.2, 0.25) is 0 Å².